The zero-order valence-electron chi connectivity index (χ0n) is 15.4. The number of carbonyl (C=O) groups is 1. The molecule has 2 aliphatic rings. The minimum absolute atomic E-state index is 0.0261. The molecule has 7 nitrogen and oxygen atoms in total. The molecule has 1 aromatic carbocycles. The van der Waals surface area contributed by atoms with Gasteiger partial charge in [-0.25, -0.2) is 4.79 Å². The lowest BCUT2D eigenvalue weighted by Crippen LogP contribution is -2.49. The number of aromatic nitrogens is 2. The van der Waals surface area contributed by atoms with Crippen LogP contribution in [0.2, 0.25) is 0 Å². The van der Waals surface area contributed by atoms with Gasteiger partial charge in [-0.1, -0.05) is 12.1 Å². The molecule has 1 amide bonds. The van der Waals surface area contributed by atoms with E-state index < -0.39 is 17.4 Å². The molecule has 3 N–H and O–H groups in total. The van der Waals surface area contributed by atoms with Gasteiger partial charge in [0.25, 0.3) is 0 Å². The van der Waals surface area contributed by atoms with E-state index in [0.717, 1.165) is 17.7 Å². The van der Waals surface area contributed by atoms with Gasteiger partial charge < -0.3 is 15.5 Å². The number of benzene rings is 1. The molecule has 1 saturated carbocycles. The van der Waals surface area contributed by atoms with Gasteiger partial charge in [-0.2, -0.15) is 18.2 Å². The van der Waals surface area contributed by atoms with Crippen LogP contribution in [-0.4, -0.2) is 47.0 Å². The summed E-state index contributed by atoms with van der Waals surface area (Å²) in [5, 5.41) is 0. The van der Waals surface area contributed by atoms with Crippen molar-refractivity contribution in [2.45, 2.75) is 18.5 Å². The number of amides is 1. The number of hydrogen-bond acceptors (Lipinski definition) is 5. The van der Waals surface area contributed by atoms with Crippen molar-refractivity contribution in [1.82, 2.24) is 14.9 Å². The molecule has 4 rings (SSSR count). The molecule has 0 spiro atoms. The van der Waals surface area contributed by atoms with E-state index in [4.69, 9.17) is 5.73 Å². The van der Waals surface area contributed by atoms with Crippen LogP contribution in [0.4, 0.5) is 24.7 Å². The Bertz CT molecular complexity index is 965. The summed E-state index contributed by atoms with van der Waals surface area (Å²) in [5.74, 6) is 0.0661. The fraction of sp³-hybridized carbons (Fsp3) is 0.421. The summed E-state index contributed by atoms with van der Waals surface area (Å²) in [6, 6.07) is 5.06. The highest BCUT2D eigenvalue weighted by molar-refractivity contribution is 5.83. The molecule has 0 unspecified atom stereocenters. The quantitative estimate of drug-likeness (QED) is 0.809. The highest BCUT2D eigenvalue weighted by Gasteiger charge is 2.46. The second-order valence-corrected chi connectivity index (χ2v) is 7.37. The third-order valence-corrected chi connectivity index (χ3v) is 5.53. The lowest BCUT2D eigenvalue weighted by molar-refractivity contribution is -0.137. The average molecular weight is 407 g/mol. The normalized spacial score (nSPS) is 21.9. The van der Waals surface area contributed by atoms with Crippen LogP contribution in [-0.2, 0) is 11.0 Å². The molecular weight excluding hydrogens is 387 g/mol. The summed E-state index contributed by atoms with van der Waals surface area (Å²) >= 11 is 0. The predicted octanol–water partition coefficient (Wildman–Crippen LogP) is 1.82. The molecule has 154 valence electrons. The Morgan fingerprint density at radius 1 is 1.14 bits per heavy atom. The van der Waals surface area contributed by atoms with E-state index in [1.807, 2.05) is 4.90 Å². The zero-order chi connectivity index (χ0) is 20.8. The van der Waals surface area contributed by atoms with Crippen LogP contribution in [0.25, 0.3) is 0 Å². The molecule has 2 fully saturated rings. The van der Waals surface area contributed by atoms with Crippen LogP contribution in [0.5, 0.6) is 0 Å². The van der Waals surface area contributed by atoms with Gasteiger partial charge in [0, 0.05) is 32.1 Å². The molecular formula is C19H20F3N5O2. The van der Waals surface area contributed by atoms with Gasteiger partial charge in [-0.3, -0.25) is 9.78 Å². The Labute approximate surface area is 164 Å². The number of carbonyl (C=O) groups excluding carboxylic acids is 1. The molecule has 1 aromatic heterocycles. The van der Waals surface area contributed by atoms with E-state index in [1.165, 1.54) is 18.3 Å². The van der Waals surface area contributed by atoms with Crippen LogP contribution in [0, 0.1) is 5.92 Å². The number of nitrogens with zero attached hydrogens (tertiary/aromatic N) is 3. The van der Waals surface area contributed by atoms with Crippen molar-refractivity contribution in [2.24, 2.45) is 5.92 Å². The Hall–Kier alpha value is -3.04. The first-order valence-corrected chi connectivity index (χ1v) is 9.30. The number of nitrogens with one attached hydrogen (secondary N) is 1. The van der Waals surface area contributed by atoms with Crippen LogP contribution >= 0.6 is 0 Å². The number of aromatic amines is 1. The molecule has 29 heavy (non-hydrogen) atoms. The number of piperazine rings is 1. The molecule has 0 radical (unpaired) electrons. The third kappa shape index (κ3) is 3.92. The standard InChI is InChI=1S/C19H20F3N5O2/c20-19(21,22)12-3-1-11(2-4-12)13-9-14(13)17(28)27-7-5-26(6-8-27)15-10-24-18(29)25-16(15)23/h1-4,10,13-14H,5-9H2,(H3,23,24,25,29)/t13-,14-/m0/s1. The number of rotatable bonds is 3. The summed E-state index contributed by atoms with van der Waals surface area (Å²) in [6.45, 7) is 2.13. The van der Waals surface area contributed by atoms with Gasteiger partial charge in [0.1, 0.15) is 5.82 Å². The molecule has 2 heterocycles. The van der Waals surface area contributed by atoms with Crippen LogP contribution < -0.4 is 16.3 Å². The van der Waals surface area contributed by atoms with Crippen molar-refractivity contribution in [3.8, 4) is 0 Å². The van der Waals surface area contributed by atoms with Crippen LogP contribution in [0.15, 0.2) is 35.3 Å². The number of anilines is 2. The van der Waals surface area contributed by atoms with E-state index in [9.17, 15) is 22.8 Å². The number of nitrogen functional groups attached to an aromatic ring is 1. The van der Waals surface area contributed by atoms with Crippen LogP contribution in [0.1, 0.15) is 23.5 Å². The van der Waals surface area contributed by atoms with Gasteiger partial charge in [0.05, 0.1) is 17.4 Å². The molecule has 1 aliphatic heterocycles. The minimum atomic E-state index is -4.36. The molecule has 2 aromatic rings. The average Bonchev–Trinajstić information content (AvgIpc) is 3.48. The van der Waals surface area contributed by atoms with Crippen molar-refractivity contribution in [3.63, 3.8) is 0 Å². The topological polar surface area (TPSA) is 95.3 Å². The third-order valence-electron chi connectivity index (χ3n) is 5.53. The molecule has 10 heteroatoms. The summed E-state index contributed by atoms with van der Waals surface area (Å²) in [7, 11) is 0. The van der Waals surface area contributed by atoms with E-state index in [2.05, 4.69) is 9.97 Å². The van der Waals surface area contributed by atoms with Gasteiger partial charge in [-0.15, -0.1) is 0 Å². The molecule has 1 saturated heterocycles. The van der Waals surface area contributed by atoms with Gasteiger partial charge in [0.2, 0.25) is 5.91 Å². The first-order chi connectivity index (χ1) is 13.7. The maximum Gasteiger partial charge on any atom is 0.416 e. The van der Waals surface area contributed by atoms with Crippen molar-refractivity contribution < 1.29 is 18.0 Å². The summed E-state index contributed by atoms with van der Waals surface area (Å²) in [6.07, 6.45) is -2.28. The van der Waals surface area contributed by atoms with Gasteiger partial charge in [-0.05, 0) is 30.0 Å². The summed E-state index contributed by atoms with van der Waals surface area (Å²) in [5.41, 5.74) is 6.04. The fourth-order valence-corrected chi connectivity index (χ4v) is 3.81. The number of alkyl halides is 3. The molecule has 2 atom stereocenters. The molecule has 0 bridgehead atoms. The maximum absolute atomic E-state index is 12.8. The fourth-order valence-electron chi connectivity index (χ4n) is 3.81. The second kappa shape index (κ2) is 7.09. The first kappa shape index (κ1) is 19.3. The van der Waals surface area contributed by atoms with Gasteiger partial charge in [0.15, 0.2) is 0 Å². The number of halogens is 3. The highest BCUT2D eigenvalue weighted by atomic mass is 19.4. The Morgan fingerprint density at radius 3 is 2.38 bits per heavy atom. The van der Waals surface area contributed by atoms with Crippen molar-refractivity contribution in [3.05, 3.63) is 52.1 Å². The van der Waals surface area contributed by atoms with Crippen LogP contribution in [0.3, 0.4) is 0 Å². The van der Waals surface area contributed by atoms with Gasteiger partial charge >= 0.3 is 11.9 Å². The van der Waals surface area contributed by atoms with Crippen molar-refractivity contribution in [2.75, 3.05) is 36.8 Å². The zero-order valence-corrected chi connectivity index (χ0v) is 15.4. The van der Waals surface area contributed by atoms with Crippen molar-refractivity contribution in [1.29, 1.82) is 0 Å². The van der Waals surface area contributed by atoms with E-state index in [-0.39, 0.29) is 23.6 Å². The summed E-state index contributed by atoms with van der Waals surface area (Å²) in [4.78, 5) is 33.8. The smallest absolute Gasteiger partial charge is 0.383 e. The lowest BCUT2D eigenvalue weighted by Gasteiger charge is -2.36. The highest BCUT2D eigenvalue weighted by Crippen LogP contribution is 2.49. The molecule has 1 aliphatic carbocycles. The van der Waals surface area contributed by atoms with E-state index in [1.54, 1.807) is 4.90 Å². The number of hydrogen-bond donors (Lipinski definition) is 2. The SMILES string of the molecule is Nc1[nH]c(=O)ncc1N1CCN(C(=O)[C@H]2C[C@H]2c2ccc(C(F)(F)F)cc2)CC1. The minimum Gasteiger partial charge on any atom is -0.383 e. The lowest BCUT2D eigenvalue weighted by atomic mass is 10.1. The second-order valence-electron chi connectivity index (χ2n) is 7.37. The van der Waals surface area contributed by atoms with Crippen molar-refractivity contribution >= 4 is 17.4 Å². The Balaban J connectivity index is 1.34. The first-order valence-electron chi connectivity index (χ1n) is 9.30. The largest absolute Gasteiger partial charge is 0.416 e. The van der Waals surface area contributed by atoms with E-state index >= 15 is 0 Å². The summed E-state index contributed by atoms with van der Waals surface area (Å²) < 4.78 is 38.1. The predicted molar refractivity (Wildman–Crippen MR) is 100 cm³/mol. The Morgan fingerprint density at radius 2 is 1.79 bits per heavy atom. The number of nitrogens with two attached hydrogens (primary N) is 1. The maximum atomic E-state index is 12.8. The van der Waals surface area contributed by atoms with E-state index in [0.29, 0.717) is 38.3 Å². The monoisotopic (exact) mass is 407 g/mol. The number of H-pyrrole nitrogens is 1. The Kier molecular flexibility index (Phi) is 4.71.